The Morgan fingerprint density at radius 3 is 2.79 bits per heavy atom. The van der Waals surface area contributed by atoms with Gasteiger partial charge in [0.25, 0.3) is 0 Å². The summed E-state index contributed by atoms with van der Waals surface area (Å²) in [5.41, 5.74) is 7.34. The molecule has 6 heteroatoms. The number of carbonyl (C=O) groups excluding carboxylic acids is 1. The summed E-state index contributed by atoms with van der Waals surface area (Å²) in [6.07, 6.45) is 1.63. The number of nitrogens with one attached hydrogen (secondary N) is 1. The highest BCUT2D eigenvalue weighted by atomic mass is 35.5. The first-order valence-electron chi connectivity index (χ1n) is 5.72. The molecule has 0 saturated carbocycles. The molecule has 0 atom stereocenters. The Morgan fingerprint density at radius 1 is 1.32 bits per heavy atom. The van der Waals surface area contributed by atoms with Gasteiger partial charge in [0.05, 0.1) is 5.69 Å². The molecule has 0 radical (unpaired) electrons. The van der Waals surface area contributed by atoms with Crippen LogP contribution in [0.2, 0.25) is 5.02 Å². The van der Waals surface area contributed by atoms with Gasteiger partial charge in [-0.15, -0.1) is 0 Å². The number of hydrogen-bond acceptors (Lipinski definition) is 4. The molecule has 0 spiro atoms. The van der Waals surface area contributed by atoms with Gasteiger partial charge in [0.15, 0.2) is 0 Å². The molecule has 98 valence electrons. The highest BCUT2D eigenvalue weighted by Gasteiger charge is 2.05. The van der Waals surface area contributed by atoms with Crippen LogP contribution in [0.1, 0.15) is 21.6 Å². The average molecular weight is 277 g/mol. The lowest BCUT2D eigenvalue weighted by Crippen LogP contribution is -2.15. The van der Waals surface area contributed by atoms with Crippen molar-refractivity contribution in [3.05, 3.63) is 58.4 Å². The average Bonchev–Trinajstić information content (AvgIpc) is 2.41. The summed E-state index contributed by atoms with van der Waals surface area (Å²) in [6.45, 7) is 1.18. The summed E-state index contributed by atoms with van der Waals surface area (Å²) in [6, 6.07) is 8.74. The van der Waals surface area contributed by atoms with Crippen molar-refractivity contribution >= 4 is 17.5 Å². The Labute approximate surface area is 115 Å². The van der Waals surface area contributed by atoms with E-state index in [9.17, 15) is 4.79 Å². The van der Waals surface area contributed by atoms with E-state index in [1.807, 2.05) is 12.1 Å². The summed E-state index contributed by atoms with van der Waals surface area (Å²) in [4.78, 5) is 11.0. The minimum absolute atomic E-state index is 0.405. The summed E-state index contributed by atoms with van der Waals surface area (Å²) < 4.78 is 0. The number of hydrogen-bond donors (Lipinski definition) is 2. The molecule has 0 fully saturated rings. The largest absolute Gasteiger partial charge is 0.366 e. The third-order valence-corrected chi connectivity index (χ3v) is 2.94. The first-order chi connectivity index (χ1) is 9.16. The molecule has 0 aliphatic heterocycles. The van der Waals surface area contributed by atoms with Crippen molar-refractivity contribution < 1.29 is 4.79 Å². The SMILES string of the molecule is NC(=O)c1ccc(CNCc2cccnn2)c(Cl)c1. The van der Waals surface area contributed by atoms with E-state index in [2.05, 4.69) is 15.5 Å². The topological polar surface area (TPSA) is 80.9 Å². The molecular formula is C13H13ClN4O. The number of nitrogens with two attached hydrogens (primary N) is 1. The number of rotatable bonds is 5. The zero-order valence-corrected chi connectivity index (χ0v) is 10.9. The van der Waals surface area contributed by atoms with Gasteiger partial charge in [-0.3, -0.25) is 4.79 Å². The Morgan fingerprint density at radius 2 is 2.16 bits per heavy atom. The molecule has 19 heavy (non-hydrogen) atoms. The molecule has 3 N–H and O–H groups in total. The second-order valence-corrected chi connectivity index (χ2v) is 4.40. The quantitative estimate of drug-likeness (QED) is 0.868. The molecule has 5 nitrogen and oxygen atoms in total. The van der Waals surface area contributed by atoms with Crippen LogP contribution in [0.15, 0.2) is 36.5 Å². The number of nitrogens with zero attached hydrogens (tertiary/aromatic N) is 2. The summed E-state index contributed by atoms with van der Waals surface area (Å²) in [5, 5.41) is 11.5. The second kappa shape index (κ2) is 6.26. The van der Waals surface area contributed by atoms with Crippen LogP contribution in [0.3, 0.4) is 0 Å². The minimum atomic E-state index is -0.485. The monoisotopic (exact) mass is 276 g/mol. The molecule has 1 amide bonds. The third-order valence-electron chi connectivity index (χ3n) is 2.59. The van der Waals surface area contributed by atoms with E-state index in [4.69, 9.17) is 17.3 Å². The van der Waals surface area contributed by atoms with Gasteiger partial charge >= 0.3 is 0 Å². The van der Waals surface area contributed by atoms with Gasteiger partial charge < -0.3 is 11.1 Å². The minimum Gasteiger partial charge on any atom is -0.366 e. The van der Waals surface area contributed by atoms with E-state index in [0.717, 1.165) is 11.3 Å². The molecule has 0 unspecified atom stereocenters. The van der Waals surface area contributed by atoms with Crippen molar-refractivity contribution in [3.8, 4) is 0 Å². The lowest BCUT2D eigenvalue weighted by atomic mass is 10.1. The molecule has 1 aromatic heterocycles. The predicted octanol–water partition coefficient (Wildman–Crippen LogP) is 1.52. The number of aromatic nitrogens is 2. The standard InChI is InChI=1S/C13H13ClN4O/c14-12-6-9(13(15)19)3-4-10(12)7-16-8-11-2-1-5-17-18-11/h1-6,16H,7-8H2,(H2,15,19). The van der Waals surface area contributed by atoms with Gasteiger partial charge in [-0.05, 0) is 29.8 Å². The van der Waals surface area contributed by atoms with Crippen molar-refractivity contribution in [1.29, 1.82) is 0 Å². The molecule has 0 aliphatic rings. The number of carbonyl (C=O) groups is 1. The summed E-state index contributed by atoms with van der Waals surface area (Å²) >= 11 is 6.08. The van der Waals surface area contributed by atoms with Crippen LogP contribution in [-0.4, -0.2) is 16.1 Å². The maximum Gasteiger partial charge on any atom is 0.248 e. The van der Waals surface area contributed by atoms with Crippen LogP contribution >= 0.6 is 11.6 Å². The molecule has 1 aromatic carbocycles. The maximum atomic E-state index is 11.0. The van der Waals surface area contributed by atoms with Gasteiger partial charge in [-0.2, -0.15) is 10.2 Å². The molecule has 0 aliphatic carbocycles. The molecule has 0 saturated heterocycles. The molecular weight excluding hydrogens is 264 g/mol. The van der Waals surface area contributed by atoms with Crippen molar-refractivity contribution in [2.45, 2.75) is 13.1 Å². The van der Waals surface area contributed by atoms with Crippen molar-refractivity contribution in [2.75, 3.05) is 0 Å². The lowest BCUT2D eigenvalue weighted by Gasteiger charge is -2.07. The fourth-order valence-electron chi connectivity index (χ4n) is 1.60. The van der Waals surface area contributed by atoms with E-state index in [1.165, 1.54) is 0 Å². The van der Waals surface area contributed by atoms with Gasteiger partial charge in [-0.1, -0.05) is 17.7 Å². The fraction of sp³-hybridized carbons (Fsp3) is 0.154. The van der Waals surface area contributed by atoms with Crippen LogP contribution < -0.4 is 11.1 Å². The van der Waals surface area contributed by atoms with Gasteiger partial charge in [0.2, 0.25) is 5.91 Å². The molecule has 2 aromatic rings. The van der Waals surface area contributed by atoms with Crippen LogP contribution in [0, 0.1) is 0 Å². The van der Waals surface area contributed by atoms with Gasteiger partial charge in [-0.25, -0.2) is 0 Å². The molecule has 0 bridgehead atoms. The Balaban J connectivity index is 1.95. The predicted molar refractivity (Wildman–Crippen MR) is 72.5 cm³/mol. The van der Waals surface area contributed by atoms with Crippen LogP contribution in [0.5, 0.6) is 0 Å². The smallest absolute Gasteiger partial charge is 0.248 e. The number of benzene rings is 1. The zero-order chi connectivity index (χ0) is 13.7. The second-order valence-electron chi connectivity index (χ2n) is 3.99. The third kappa shape index (κ3) is 3.74. The lowest BCUT2D eigenvalue weighted by molar-refractivity contribution is 0.100. The number of amides is 1. The Hall–Kier alpha value is -1.98. The van der Waals surface area contributed by atoms with E-state index >= 15 is 0 Å². The van der Waals surface area contributed by atoms with E-state index in [0.29, 0.717) is 23.7 Å². The van der Waals surface area contributed by atoms with E-state index < -0.39 is 5.91 Å². The number of primary amides is 1. The van der Waals surface area contributed by atoms with Crippen molar-refractivity contribution in [2.24, 2.45) is 5.73 Å². The molecule has 1 heterocycles. The maximum absolute atomic E-state index is 11.0. The van der Waals surface area contributed by atoms with Crippen molar-refractivity contribution in [3.63, 3.8) is 0 Å². The Kier molecular flexibility index (Phi) is 4.43. The summed E-state index contributed by atoms with van der Waals surface area (Å²) in [7, 11) is 0. The number of halogens is 1. The van der Waals surface area contributed by atoms with Crippen LogP contribution in [0.4, 0.5) is 0 Å². The van der Waals surface area contributed by atoms with Crippen molar-refractivity contribution in [1.82, 2.24) is 15.5 Å². The normalized spacial score (nSPS) is 10.4. The van der Waals surface area contributed by atoms with Gasteiger partial charge in [0, 0.05) is 29.9 Å². The first kappa shape index (κ1) is 13.5. The van der Waals surface area contributed by atoms with E-state index in [1.54, 1.807) is 24.4 Å². The zero-order valence-electron chi connectivity index (χ0n) is 10.1. The first-order valence-corrected chi connectivity index (χ1v) is 6.10. The van der Waals surface area contributed by atoms with Crippen LogP contribution in [-0.2, 0) is 13.1 Å². The molecule has 2 rings (SSSR count). The van der Waals surface area contributed by atoms with Crippen LogP contribution in [0.25, 0.3) is 0 Å². The van der Waals surface area contributed by atoms with Gasteiger partial charge in [0.1, 0.15) is 0 Å². The highest BCUT2D eigenvalue weighted by molar-refractivity contribution is 6.31. The summed E-state index contributed by atoms with van der Waals surface area (Å²) in [5.74, 6) is -0.485. The van der Waals surface area contributed by atoms with E-state index in [-0.39, 0.29) is 0 Å². The fourth-order valence-corrected chi connectivity index (χ4v) is 1.84. The Bertz CT molecular complexity index is 574. The highest BCUT2D eigenvalue weighted by Crippen LogP contribution is 2.17.